The predicted molar refractivity (Wildman–Crippen MR) is 66.1 cm³/mol. The summed E-state index contributed by atoms with van der Waals surface area (Å²) < 4.78 is 4.64. The SMILES string of the molecule is CCCC[C@H](N)C(=O)OC(=O)[C@@H](N)CCCC. The lowest BCUT2D eigenvalue weighted by Crippen LogP contribution is -2.39. The van der Waals surface area contributed by atoms with E-state index < -0.39 is 24.0 Å². The van der Waals surface area contributed by atoms with Gasteiger partial charge in [-0.3, -0.25) is 0 Å². The van der Waals surface area contributed by atoms with Crippen molar-refractivity contribution < 1.29 is 14.3 Å². The number of hydrogen-bond acceptors (Lipinski definition) is 5. The van der Waals surface area contributed by atoms with E-state index >= 15 is 0 Å². The summed E-state index contributed by atoms with van der Waals surface area (Å²) in [5.41, 5.74) is 11.2. The van der Waals surface area contributed by atoms with Crippen molar-refractivity contribution in [2.24, 2.45) is 11.5 Å². The maximum atomic E-state index is 11.4. The van der Waals surface area contributed by atoms with Gasteiger partial charge in [0.25, 0.3) is 0 Å². The maximum absolute atomic E-state index is 11.4. The molecule has 0 heterocycles. The monoisotopic (exact) mass is 244 g/mol. The Morgan fingerprint density at radius 1 is 0.941 bits per heavy atom. The number of ether oxygens (including phenoxy) is 1. The van der Waals surface area contributed by atoms with Crippen LogP contribution in [0.2, 0.25) is 0 Å². The fourth-order valence-corrected chi connectivity index (χ4v) is 1.33. The molecule has 0 spiro atoms. The molecule has 0 aromatic rings. The van der Waals surface area contributed by atoms with Crippen LogP contribution in [0, 0.1) is 0 Å². The van der Waals surface area contributed by atoms with Gasteiger partial charge in [-0.15, -0.1) is 0 Å². The van der Waals surface area contributed by atoms with E-state index in [2.05, 4.69) is 4.74 Å². The van der Waals surface area contributed by atoms with Gasteiger partial charge >= 0.3 is 11.9 Å². The Morgan fingerprint density at radius 2 is 1.29 bits per heavy atom. The molecule has 0 aromatic heterocycles. The molecule has 0 fully saturated rings. The Labute approximate surface area is 103 Å². The molecule has 0 aromatic carbocycles. The highest BCUT2D eigenvalue weighted by atomic mass is 16.6. The number of hydrogen-bond donors (Lipinski definition) is 2. The molecular formula is C12H24N2O3. The van der Waals surface area contributed by atoms with Crippen LogP contribution < -0.4 is 11.5 Å². The van der Waals surface area contributed by atoms with Crippen molar-refractivity contribution >= 4 is 11.9 Å². The Kier molecular flexibility index (Phi) is 8.62. The minimum Gasteiger partial charge on any atom is -0.391 e. The first-order chi connectivity index (χ1) is 8.02. The van der Waals surface area contributed by atoms with Crippen LogP contribution >= 0.6 is 0 Å². The van der Waals surface area contributed by atoms with Gasteiger partial charge < -0.3 is 16.2 Å². The minimum atomic E-state index is -0.725. The van der Waals surface area contributed by atoms with Crippen LogP contribution in [0.25, 0.3) is 0 Å². The Hall–Kier alpha value is -0.940. The van der Waals surface area contributed by atoms with Crippen LogP contribution in [0.15, 0.2) is 0 Å². The van der Waals surface area contributed by atoms with Crippen molar-refractivity contribution in [3.05, 3.63) is 0 Å². The van der Waals surface area contributed by atoms with E-state index in [1.54, 1.807) is 0 Å². The molecule has 0 aliphatic carbocycles. The van der Waals surface area contributed by atoms with Crippen molar-refractivity contribution in [1.29, 1.82) is 0 Å². The molecule has 0 saturated carbocycles. The van der Waals surface area contributed by atoms with E-state index in [9.17, 15) is 9.59 Å². The summed E-state index contributed by atoms with van der Waals surface area (Å²) >= 11 is 0. The lowest BCUT2D eigenvalue weighted by molar-refractivity contribution is -0.161. The second-order valence-electron chi connectivity index (χ2n) is 4.24. The molecule has 17 heavy (non-hydrogen) atoms. The Morgan fingerprint density at radius 3 is 1.59 bits per heavy atom. The molecule has 5 heteroatoms. The van der Waals surface area contributed by atoms with Gasteiger partial charge in [-0.05, 0) is 12.8 Å². The molecule has 0 rings (SSSR count). The fourth-order valence-electron chi connectivity index (χ4n) is 1.33. The summed E-state index contributed by atoms with van der Waals surface area (Å²) in [6.45, 7) is 4.01. The molecule has 0 amide bonds. The first-order valence-corrected chi connectivity index (χ1v) is 6.29. The van der Waals surface area contributed by atoms with Crippen LogP contribution in [-0.2, 0) is 14.3 Å². The van der Waals surface area contributed by atoms with Crippen LogP contribution in [0.4, 0.5) is 0 Å². The van der Waals surface area contributed by atoms with E-state index in [0.717, 1.165) is 25.7 Å². The van der Waals surface area contributed by atoms with Crippen molar-refractivity contribution in [3.8, 4) is 0 Å². The zero-order valence-electron chi connectivity index (χ0n) is 10.8. The van der Waals surface area contributed by atoms with Crippen molar-refractivity contribution in [2.45, 2.75) is 64.5 Å². The second-order valence-corrected chi connectivity index (χ2v) is 4.24. The lowest BCUT2D eigenvalue weighted by atomic mass is 10.1. The standard InChI is InChI=1S/C12H24N2O3/c1-3-5-7-9(13)11(15)17-12(16)10(14)8-6-4-2/h9-10H,3-8,13-14H2,1-2H3/t9-,10-/m0/s1. The Balaban J connectivity index is 3.97. The molecule has 0 unspecified atom stereocenters. The molecule has 0 radical (unpaired) electrons. The number of nitrogens with two attached hydrogens (primary N) is 2. The topological polar surface area (TPSA) is 95.4 Å². The van der Waals surface area contributed by atoms with Gasteiger partial charge in [-0.1, -0.05) is 39.5 Å². The summed E-state index contributed by atoms with van der Waals surface area (Å²) in [4.78, 5) is 22.8. The average Bonchev–Trinajstić information content (AvgIpc) is 2.32. The third kappa shape index (κ3) is 7.07. The van der Waals surface area contributed by atoms with E-state index in [1.165, 1.54) is 0 Å². The van der Waals surface area contributed by atoms with Gasteiger partial charge in [0, 0.05) is 0 Å². The number of carbonyl (C=O) groups is 2. The third-order valence-corrected chi connectivity index (χ3v) is 2.54. The van der Waals surface area contributed by atoms with E-state index in [0.29, 0.717) is 12.8 Å². The number of carbonyl (C=O) groups excluding carboxylic acids is 2. The molecular weight excluding hydrogens is 220 g/mol. The molecule has 0 saturated heterocycles. The third-order valence-electron chi connectivity index (χ3n) is 2.54. The maximum Gasteiger partial charge on any atom is 0.330 e. The normalized spacial score (nSPS) is 14.1. The zero-order valence-corrected chi connectivity index (χ0v) is 10.8. The molecule has 0 bridgehead atoms. The number of unbranched alkanes of at least 4 members (excludes halogenated alkanes) is 2. The second kappa shape index (κ2) is 9.13. The minimum absolute atomic E-state index is 0.535. The Bertz CT molecular complexity index is 220. The molecule has 5 nitrogen and oxygen atoms in total. The smallest absolute Gasteiger partial charge is 0.330 e. The van der Waals surface area contributed by atoms with Crippen LogP contribution in [0.1, 0.15) is 52.4 Å². The molecule has 2 atom stereocenters. The predicted octanol–water partition coefficient (Wildman–Crippen LogP) is 1.09. The average molecular weight is 244 g/mol. The molecule has 100 valence electrons. The van der Waals surface area contributed by atoms with E-state index in [-0.39, 0.29) is 0 Å². The summed E-state index contributed by atoms with van der Waals surface area (Å²) in [5, 5.41) is 0. The van der Waals surface area contributed by atoms with Gasteiger partial charge in [0.1, 0.15) is 12.1 Å². The highest BCUT2D eigenvalue weighted by Crippen LogP contribution is 2.03. The lowest BCUT2D eigenvalue weighted by Gasteiger charge is -2.12. The van der Waals surface area contributed by atoms with Crippen LogP contribution in [0.3, 0.4) is 0 Å². The summed E-state index contributed by atoms with van der Waals surface area (Å²) in [7, 11) is 0. The van der Waals surface area contributed by atoms with Gasteiger partial charge in [-0.25, -0.2) is 9.59 Å². The number of esters is 2. The first kappa shape index (κ1) is 16.1. The highest BCUT2D eigenvalue weighted by Gasteiger charge is 2.22. The van der Waals surface area contributed by atoms with Gasteiger partial charge in [0.05, 0.1) is 0 Å². The highest BCUT2D eigenvalue weighted by molar-refractivity contribution is 5.90. The quantitative estimate of drug-likeness (QED) is 0.492. The van der Waals surface area contributed by atoms with Crippen molar-refractivity contribution in [1.82, 2.24) is 0 Å². The first-order valence-electron chi connectivity index (χ1n) is 6.29. The van der Waals surface area contributed by atoms with Gasteiger partial charge in [0.15, 0.2) is 0 Å². The van der Waals surface area contributed by atoms with E-state index in [4.69, 9.17) is 11.5 Å². The van der Waals surface area contributed by atoms with Crippen LogP contribution in [0.5, 0.6) is 0 Å². The van der Waals surface area contributed by atoms with Crippen LogP contribution in [-0.4, -0.2) is 24.0 Å². The molecule has 0 aliphatic heterocycles. The summed E-state index contributed by atoms with van der Waals surface area (Å²) in [6.07, 6.45) is 4.65. The summed E-state index contributed by atoms with van der Waals surface area (Å²) in [6, 6.07) is -1.45. The fraction of sp³-hybridized carbons (Fsp3) is 0.833. The van der Waals surface area contributed by atoms with Gasteiger partial charge in [-0.2, -0.15) is 0 Å². The molecule has 0 aliphatic rings. The molecule has 4 N–H and O–H groups in total. The van der Waals surface area contributed by atoms with Crippen molar-refractivity contribution in [3.63, 3.8) is 0 Å². The zero-order chi connectivity index (χ0) is 13.3. The summed E-state index contributed by atoms with van der Waals surface area (Å²) in [5.74, 6) is -1.34. The van der Waals surface area contributed by atoms with Crippen molar-refractivity contribution in [2.75, 3.05) is 0 Å². The largest absolute Gasteiger partial charge is 0.391 e. The van der Waals surface area contributed by atoms with E-state index in [1.807, 2.05) is 13.8 Å². The van der Waals surface area contributed by atoms with Gasteiger partial charge in [0.2, 0.25) is 0 Å². The number of rotatable bonds is 8.